The number of hydrogen-bond donors (Lipinski definition) is 0. The summed E-state index contributed by atoms with van der Waals surface area (Å²) in [4.78, 5) is 11.6. The number of carbonyl (C=O) groups excluding carboxylic acids is 1. The Morgan fingerprint density at radius 2 is 1.75 bits per heavy atom. The largest absolute Gasteiger partial charge is 0.496 e. The van der Waals surface area contributed by atoms with Crippen LogP contribution in [0.4, 0.5) is 0 Å². The van der Waals surface area contributed by atoms with Crippen molar-refractivity contribution in [3.63, 3.8) is 0 Å². The van der Waals surface area contributed by atoms with Crippen molar-refractivity contribution in [3.05, 3.63) is 34.9 Å². The van der Waals surface area contributed by atoms with Crippen LogP contribution in [0.5, 0.6) is 11.5 Å². The summed E-state index contributed by atoms with van der Waals surface area (Å²) in [5.41, 5.74) is 2.56. The average molecular weight is 278 g/mol. The number of allylic oxidation sites excluding steroid dienone is 1. The summed E-state index contributed by atoms with van der Waals surface area (Å²) in [6.07, 6.45) is 2.38. The zero-order valence-corrected chi connectivity index (χ0v) is 12.8. The van der Waals surface area contributed by atoms with Gasteiger partial charge in [0.25, 0.3) is 0 Å². The van der Waals surface area contributed by atoms with Crippen LogP contribution in [0.15, 0.2) is 23.8 Å². The van der Waals surface area contributed by atoms with E-state index in [-0.39, 0.29) is 5.97 Å². The fourth-order valence-corrected chi connectivity index (χ4v) is 1.90. The fraction of sp³-hybridized carbons (Fsp3) is 0.438. The molecule has 1 rings (SSSR count). The van der Waals surface area contributed by atoms with Crippen LogP contribution in [0.25, 0.3) is 0 Å². The number of benzene rings is 1. The lowest BCUT2D eigenvalue weighted by molar-refractivity contribution is -0.138. The van der Waals surface area contributed by atoms with E-state index in [0.717, 1.165) is 22.6 Å². The van der Waals surface area contributed by atoms with Gasteiger partial charge in [-0.2, -0.15) is 0 Å². The first kappa shape index (κ1) is 16.1. The Bertz CT molecular complexity index is 478. The molecule has 0 heterocycles. The molecule has 110 valence electrons. The highest BCUT2D eigenvalue weighted by molar-refractivity contribution is 5.87. The van der Waals surface area contributed by atoms with Gasteiger partial charge in [-0.15, -0.1) is 0 Å². The second kappa shape index (κ2) is 7.58. The molecule has 20 heavy (non-hydrogen) atoms. The van der Waals surface area contributed by atoms with Gasteiger partial charge < -0.3 is 14.2 Å². The van der Waals surface area contributed by atoms with Crippen molar-refractivity contribution < 1.29 is 19.0 Å². The minimum atomic E-state index is -0.294. The molecule has 1 aromatic carbocycles. The molecule has 0 aliphatic carbocycles. The van der Waals surface area contributed by atoms with Crippen molar-refractivity contribution in [2.75, 3.05) is 20.8 Å². The zero-order valence-electron chi connectivity index (χ0n) is 12.8. The van der Waals surface area contributed by atoms with Crippen LogP contribution in [0.3, 0.4) is 0 Å². The Balaban J connectivity index is 3.02. The topological polar surface area (TPSA) is 44.8 Å². The molecule has 0 bridgehead atoms. The fourth-order valence-electron chi connectivity index (χ4n) is 1.90. The van der Waals surface area contributed by atoms with E-state index in [4.69, 9.17) is 14.2 Å². The maximum Gasteiger partial charge on any atom is 0.333 e. The molecule has 0 aliphatic heterocycles. The summed E-state index contributed by atoms with van der Waals surface area (Å²) in [6.45, 7) is 5.89. The summed E-state index contributed by atoms with van der Waals surface area (Å²) in [5.74, 6) is 1.22. The standard InChI is InChI=1S/C16H22O4/c1-6-20-16(17)12(3)7-8-13-14(18-4)9-11(2)10-15(13)19-5/h7,9-10H,6,8H2,1-5H3. The molecule has 4 heteroatoms. The van der Waals surface area contributed by atoms with Gasteiger partial charge >= 0.3 is 5.97 Å². The van der Waals surface area contributed by atoms with Crippen LogP contribution >= 0.6 is 0 Å². The first-order chi connectivity index (χ1) is 9.53. The number of hydrogen-bond acceptors (Lipinski definition) is 4. The van der Waals surface area contributed by atoms with E-state index >= 15 is 0 Å². The van der Waals surface area contributed by atoms with Crippen molar-refractivity contribution in [3.8, 4) is 11.5 Å². The molecule has 1 aromatic rings. The number of aryl methyl sites for hydroxylation is 1. The molecule has 0 aliphatic rings. The molecule has 0 fully saturated rings. The molecule has 0 saturated heterocycles. The van der Waals surface area contributed by atoms with E-state index in [2.05, 4.69) is 0 Å². The Morgan fingerprint density at radius 3 is 2.20 bits per heavy atom. The lowest BCUT2D eigenvalue weighted by atomic mass is 10.0. The van der Waals surface area contributed by atoms with Crippen molar-refractivity contribution in [1.82, 2.24) is 0 Å². The highest BCUT2D eigenvalue weighted by Crippen LogP contribution is 2.31. The minimum Gasteiger partial charge on any atom is -0.496 e. The molecular formula is C16H22O4. The van der Waals surface area contributed by atoms with Gasteiger partial charge in [0.1, 0.15) is 11.5 Å². The average Bonchev–Trinajstić information content (AvgIpc) is 2.44. The molecule has 0 radical (unpaired) electrons. The minimum absolute atomic E-state index is 0.294. The molecule has 0 saturated carbocycles. The number of carbonyl (C=O) groups is 1. The van der Waals surface area contributed by atoms with Crippen LogP contribution < -0.4 is 9.47 Å². The van der Waals surface area contributed by atoms with Crippen molar-refractivity contribution >= 4 is 5.97 Å². The van der Waals surface area contributed by atoms with Gasteiger partial charge in [0.15, 0.2) is 0 Å². The van der Waals surface area contributed by atoms with Crippen LogP contribution in [0, 0.1) is 6.92 Å². The first-order valence-electron chi connectivity index (χ1n) is 6.58. The van der Waals surface area contributed by atoms with Gasteiger partial charge in [-0.1, -0.05) is 6.08 Å². The molecule has 0 amide bonds. The maximum atomic E-state index is 11.6. The maximum absolute atomic E-state index is 11.6. The van der Waals surface area contributed by atoms with Crippen molar-refractivity contribution in [2.45, 2.75) is 27.2 Å². The number of rotatable bonds is 6. The number of ether oxygens (including phenoxy) is 3. The van der Waals surface area contributed by atoms with Crippen LogP contribution in [0.1, 0.15) is 25.0 Å². The van der Waals surface area contributed by atoms with Crippen LogP contribution in [-0.4, -0.2) is 26.8 Å². The first-order valence-corrected chi connectivity index (χ1v) is 6.58. The zero-order chi connectivity index (χ0) is 15.1. The van der Waals surface area contributed by atoms with E-state index in [1.165, 1.54) is 0 Å². The lowest BCUT2D eigenvalue weighted by Gasteiger charge is -2.13. The van der Waals surface area contributed by atoms with Gasteiger partial charge in [0.2, 0.25) is 0 Å². The molecule has 0 N–H and O–H groups in total. The molecule has 0 unspecified atom stereocenters. The third-order valence-corrected chi connectivity index (χ3v) is 2.96. The third kappa shape index (κ3) is 4.02. The summed E-state index contributed by atoms with van der Waals surface area (Å²) in [5, 5.41) is 0. The van der Waals surface area contributed by atoms with Crippen LogP contribution in [-0.2, 0) is 16.0 Å². The van der Waals surface area contributed by atoms with E-state index in [0.29, 0.717) is 18.6 Å². The van der Waals surface area contributed by atoms with Gasteiger partial charge in [0.05, 0.1) is 20.8 Å². The summed E-state index contributed by atoms with van der Waals surface area (Å²) >= 11 is 0. The second-order valence-corrected chi connectivity index (χ2v) is 4.46. The van der Waals surface area contributed by atoms with E-state index in [9.17, 15) is 4.79 Å². The molecule has 4 nitrogen and oxygen atoms in total. The van der Waals surface area contributed by atoms with Gasteiger partial charge in [-0.05, 0) is 44.9 Å². The summed E-state index contributed by atoms with van der Waals surface area (Å²) in [6, 6.07) is 3.90. The number of esters is 1. The second-order valence-electron chi connectivity index (χ2n) is 4.46. The van der Waals surface area contributed by atoms with E-state index in [1.54, 1.807) is 28.1 Å². The Kier molecular flexibility index (Phi) is 6.10. The Morgan fingerprint density at radius 1 is 1.20 bits per heavy atom. The molecular weight excluding hydrogens is 256 g/mol. The molecule has 0 atom stereocenters. The Hall–Kier alpha value is -1.97. The Labute approximate surface area is 120 Å². The van der Waals surface area contributed by atoms with Crippen molar-refractivity contribution in [1.29, 1.82) is 0 Å². The van der Waals surface area contributed by atoms with Gasteiger partial charge in [-0.25, -0.2) is 4.79 Å². The normalized spacial score (nSPS) is 11.2. The number of methoxy groups -OCH3 is 2. The van der Waals surface area contributed by atoms with Gasteiger partial charge in [0, 0.05) is 11.1 Å². The highest BCUT2D eigenvalue weighted by Gasteiger charge is 2.11. The molecule has 0 aromatic heterocycles. The summed E-state index contributed by atoms with van der Waals surface area (Å²) < 4.78 is 15.7. The SMILES string of the molecule is CCOC(=O)C(C)=CCc1c(OC)cc(C)cc1OC. The van der Waals surface area contributed by atoms with Crippen molar-refractivity contribution in [2.24, 2.45) is 0 Å². The smallest absolute Gasteiger partial charge is 0.333 e. The summed E-state index contributed by atoms with van der Waals surface area (Å²) in [7, 11) is 3.25. The van der Waals surface area contributed by atoms with Crippen LogP contribution in [0.2, 0.25) is 0 Å². The monoisotopic (exact) mass is 278 g/mol. The quantitative estimate of drug-likeness (QED) is 0.592. The predicted molar refractivity (Wildman–Crippen MR) is 78.4 cm³/mol. The van der Waals surface area contributed by atoms with E-state index < -0.39 is 0 Å². The lowest BCUT2D eigenvalue weighted by Crippen LogP contribution is -2.05. The van der Waals surface area contributed by atoms with E-state index in [1.807, 2.05) is 25.1 Å². The molecule has 0 spiro atoms. The highest BCUT2D eigenvalue weighted by atomic mass is 16.5. The third-order valence-electron chi connectivity index (χ3n) is 2.96. The predicted octanol–water partition coefficient (Wildman–Crippen LogP) is 3.06. The van der Waals surface area contributed by atoms with Gasteiger partial charge in [-0.3, -0.25) is 0 Å².